The molecule has 0 aromatic carbocycles. The Morgan fingerprint density at radius 1 is 1.00 bits per heavy atom. The summed E-state index contributed by atoms with van der Waals surface area (Å²) in [4.78, 5) is 0. The van der Waals surface area contributed by atoms with Gasteiger partial charge in [0.25, 0.3) is 0 Å². The SMILES string of the molecule is CC1(CNCC2C(C)(C)C2(C)C)CCNCC1. The highest BCUT2D eigenvalue weighted by Gasteiger charge is 2.63. The molecule has 0 aromatic rings. The zero-order chi connectivity index (χ0) is 12.7. The lowest BCUT2D eigenvalue weighted by Gasteiger charge is -2.34. The van der Waals surface area contributed by atoms with E-state index in [1.54, 1.807) is 0 Å². The first-order valence-corrected chi connectivity index (χ1v) is 7.21. The van der Waals surface area contributed by atoms with Crippen LogP contribution in [0.3, 0.4) is 0 Å². The molecule has 2 heteroatoms. The van der Waals surface area contributed by atoms with E-state index in [9.17, 15) is 0 Å². The van der Waals surface area contributed by atoms with E-state index in [1.807, 2.05) is 0 Å². The predicted octanol–water partition coefficient (Wildman–Crippen LogP) is 2.65. The van der Waals surface area contributed by atoms with Crippen molar-refractivity contribution in [3.63, 3.8) is 0 Å². The summed E-state index contributed by atoms with van der Waals surface area (Å²) >= 11 is 0. The van der Waals surface area contributed by atoms with Crippen molar-refractivity contribution in [2.45, 2.75) is 47.5 Å². The van der Waals surface area contributed by atoms with Gasteiger partial charge in [-0.1, -0.05) is 34.6 Å². The fourth-order valence-electron chi connectivity index (χ4n) is 3.57. The zero-order valence-electron chi connectivity index (χ0n) is 12.3. The van der Waals surface area contributed by atoms with Crippen LogP contribution in [0.5, 0.6) is 0 Å². The minimum Gasteiger partial charge on any atom is -0.317 e. The van der Waals surface area contributed by atoms with Gasteiger partial charge in [-0.05, 0) is 54.6 Å². The lowest BCUT2D eigenvalue weighted by atomic mass is 9.81. The van der Waals surface area contributed by atoms with Crippen LogP contribution in [-0.2, 0) is 0 Å². The van der Waals surface area contributed by atoms with Crippen LogP contribution in [0.15, 0.2) is 0 Å². The zero-order valence-corrected chi connectivity index (χ0v) is 12.3. The first-order chi connectivity index (χ1) is 7.80. The molecule has 0 bridgehead atoms. The summed E-state index contributed by atoms with van der Waals surface area (Å²) < 4.78 is 0. The van der Waals surface area contributed by atoms with Crippen molar-refractivity contribution in [3.05, 3.63) is 0 Å². The van der Waals surface area contributed by atoms with Crippen LogP contribution in [-0.4, -0.2) is 26.2 Å². The highest BCUT2D eigenvalue weighted by atomic mass is 14.9. The maximum absolute atomic E-state index is 3.74. The Bertz CT molecular complexity index is 261. The molecule has 2 N–H and O–H groups in total. The molecule has 1 heterocycles. The van der Waals surface area contributed by atoms with Crippen LogP contribution >= 0.6 is 0 Å². The summed E-state index contributed by atoms with van der Waals surface area (Å²) in [6.07, 6.45) is 2.63. The van der Waals surface area contributed by atoms with Gasteiger partial charge in [0, 0.05) is 6.54 Å². The summed E-state index contributed by atoms with van der Waals surface area (Å²) in [6, 6.07) is 0. The Kier molecular flexibility index (Phi) is 3.33. The minimum absolute atomic E-state index is 0.522. The summed E-state index contributed by atoms with van der Waals surface area (Å²) in [7, 11) is 0. The molecule has 0 amide bonds. The highest BCUT2D eigenvalue weighted by Crippen LogP contribution is 2.67. The van der Waals surface area contributed by atoms with Crippen LogP contribution in [0.25, 0.3) is 0 Å². The Balaban J connectivity index is 1.74. The van der Waals surface area contributed by atoms with Gasteiger partial charge in [-0.2, -0.15) is 0 Å². The molecule has 1 saturated heterocycles. The highest BCUT2D eigenvalue weighted by molar-refractivity contribution is 5.12. The van der Waals surface area contributed by atoms with Gasteiger partial charge in [-0.15, -0.1) is 0 Å². The number of rotatable bonds is 4. The number of piperidine rings is 1. The normalized spacial score (nSPS) is 30.2. The molecule has 0 unspecified atom stereocenters. The van der Waals surface area contributed by atoms with Crippen molar-refractivity contribution >= 4 is 0 Å². The van der Waals surface area contributed by atoms with Crippen molar-refractivity contribution in [1.29, 1.82) is 0 Å². The van der Waals surface area contributed by atoms with Crippen LogP contribution in [0.4, 0.5) is 0 Å². The largest absolute Gasteiger partial charge is 0.317 e. The van der Waals surface area contributed by atoms with E-state index in [0.717, 1.165) is 5.92 Å². The summed E-state index contributed by atoms with van der Waals surface area (Å²) in [5, 5.41) is 7.19. The van der Waals surface area contributed by atoms with Crippen molar-refractivity contribution in [3.8, 4) is 0 Å². The first kappa shape index (κ1) is 13.4. The van der Waals surface area contributed by atoms with Crippen molar-refractivity contribution in [2.75, 3.05) is 26.2 Å². The summed E-state index contributed by atoms with van der Waals surface area (Å²) in [6.45, 7) is 16.8. The predicted molar refractivity (Wildman–Crippen MR) is 74.1 cm³/mol. The van der Waals surface area contributed by atoms with E-state index in [0.29, 0.717) is 16.2 Å². The average molecular weight is 238 g/mol. The van der Waals surface area contributed by atoms with Gasteiger partial charge in [-0.3, -0.25) is 0 Å². The molecular formula is C15H30N2. The van der Waals surface area contributed by atoms with Crippen molar-refractivity contribution in [1.82, 2.24) is 10.6 Å². The Hall–Kier alpha value is -0.0800. The van der Waals surface area contributed by atoms with Crippen LogP contribution in [0.2, 0.25) is 0 Å². The van der Waals surface area contributed by atoms with Gasteiger partial charge in [0.15, 0.2) is 0 Å². The van der Waals surface area contributed by atoms with E-state index >= 15 is 0 Å². The molecule has 2 aliphatic rings. The maximum atomic E-state index is 3.74. The molecule has 1 saturated carbocycles. The third kappa shape index (κ3) is 2.39. The third-order valence-electron chi connectivity index (χ3n) is 6.03. The van der Waals surface area contributed by atoms with Crippen LogP contribution in [0.1, 0.15) is 47.5 Å². The average Bonchev–Trinajstić information content (AvgIpc) is 2.61. The molecule has 100 valence electrons. The molecule has 2 nitrogen and oxygen atoms in total. The third-order valence-corrected chi connectivity index (χ3v) is 6.03. The van der Waals surface area contributed by atoms with Gasteiger partial charge in [0.05, 0.1) is 0 Å². The molecule has 2 fully saturated rings. The van der Waals surface area contributed by atoms with E-state index in [2.05, 4.69) is 45.3 Å². The van der Waals surface area contributed by atoms with Crippen molar-refractivity contribution in [2.24, 2.45) is 22.2 Å². The molecular weight excluding hydrogens is 208 g/mol. The monoisotopic (exact) mass is 238 g/mol. The molecule has 0 radical (unpaired) electrons. The molecule has 0 spiro atoms. The molecule has 0 aromatic heterocycles. The smallest absolute Gasteiger partial charge is 0.000624 e. The first-order valence-electron chi connectivity index (χ1n) is 7.21. The second kappa shape index (κ2) is 4.24. The van der Waals surface area contributed by atoms with E-state index < -0.39 is 0 Å². The minimum atomic E-state index is 0.522. The van der Waals surface area contributed by atoms with Crippen LogP contribution in [0, 0.1) is 22.2 Å². The number of nitrogens with one attached hydrogen (secondary N) is 2. The molecule has 2 rings (SSSR count). The summed E-state index contributed by atoms with van der Waals surface area (Å²) in [5.74, 6) is 0.848. The summed E-state index contributed by atoms with van der Waals surface area (Å²) in [5.41, 5.74) is 1.57. The molecule has 0 atom stereocenters. The molecule has 1 aliphatic heterocycles. The quantitative estimate of drug-likeness (QED) is 0.787. The number of hydrogen-bond donors (Lipinski definition) is 2. The second-order valence-electron chi connectivity index (χ2n) is 7.69. The van der Waals surface area contributed by atoms with Gasteiger partial charge in [0.2, 0.25) is 0 Å². The van der Waals surface area contributed by atoms with E-state index in [4.69, 9.17) is 0 Å². The standard InChI is InChI=1S/C15H30N2/c1-13(2)12(14(13,3)4)10-17-11-15(5)6-8-16-9-7-15/h12,16-17H,6-11H2,1-5H3. The van der Waals surface area contributed by atoms with Gasteiger partial charge in [0.1, 0.15) is 0 Å². The fourth-order valence-corrected chi connectivity index (χ4v) is 3.57. The lowest BCUT2D eigenvalue weighted by molar-refractivity contribution is 0.218. The Labute approximate surface area is 107 Å². The maximum Gasteiger partial charge on any atom is 0.000624 e. The van der Waals surface area contributed by atoms with Gasteiger partial charge >= 0.3 is 0 Å². The Morgan fingerprint density at radius 3 is 2.00 bits per heavy atom. The Morgan fingerprint density at radius 2 is 1.53 bits per heavy atom. The molecule has 17 heavy (non-hydrogen) atoms. The second-order valence-corrected chi connectivity index (χ2v) is 7.69. The lowest BCUT2D eigenvalue weighted by Crippen LogP contribution is -2.41. The number of hydrogen-bond acceptors (Lipinski definition) is 2. The molecule has 1 aliphatic carbocycles. The van der Waals surface area contributed by atoms with Crippen molar-refractivity contribution < 1.29 is 0 Å². The van der Waals surface area contributed by atoms with Gasteiger partial charge in [-0.25, -0.2) is 0 Å². The topological polar surface area (TPSA) is 24.1 Å². The van der Waals surface area contributed by atoms with E-state index in [1.165, 1.54) is 39.0 Å². The fraction of sp³-hybridized carbons (Fsp3) is 1.00. The van der Waals surface area contributed by atoms with Crippen LogP contribution < -0.4 is 10.6 Å². The van der Waals surface area contributed by atoms with Gasteiger partial charge < -0.3 is 10.6 Å². The van der Waals surface area contributed by atoms with E-state index in [-0.39, 0.29) is 0 Å².